The van der Waals surface area contributed by atoms with Crippen molar-refractivity contribution in [1.82, 2.24) is 4.98 Å². The van der Waals surface area contributed by atoms with Gasteiger partial charge in [0.1, 0.15) is 6.10 Å². The number of esters is 1. The minimum atomic E-state index is -0.466. The number of aromatic nitrogens is 1. The Morgan fingerprint density at radius 3 is 2.61 bits per heavy atom. The lowest BCUT2D eigenvalue weighted by Crippen LogP contribution is -2.11. The van der Waals surface area contributed by atoms with Crippen molar-refractivity contribution in [2.45, 2.75) is 6.10 Å². The molecule has 0 radical (unpaired) electrons. The van der Waals surface area contributed by atoms with Crippen LogP contribution < -0.4 is 10.3 Å². The van der Waals surface area contributed by atoms with E-state index in [9.17, 15) is 9.59 Å². The molecular weight excluding hydrogens is 294 g/mol. The van der Waals surface area contributed by atoms with Crippen molar-refractivity contribution in [2.75, 3.05) is 6.61 Å². The molecule has 1 atom stereocenters. The van der Waals surface area contributed by atoms with E-state index in [1.54, 1.807) is 36.4 Å². The molecule has 1 aromatic heterocycles. The zero-order valence-electron chi connectivity index (χ0n) is 12.1. The summed E-state index contributed by atoms with van der Waals surface area (Å²) in [4.78, 5) is 26.6. The van der Waals surface area contributed by atoms with Crippen molar-refractivity contribution >= 4 is 16.9 Å². The molecule has 1 aliphatic heterocycles. The van der Waals surface area contributed by atoms with Crippen molar-refractivity contribution in [3.63, 3.8) is 0 Å². The largest absolute Gasteiger partial charge is 0.421 e. The number of ether oxygens (including phenoxy) is 2. The van der Waals surface area contributed by atoms with Gasteiger partial charge in [-0.05, 0) is 29.8 Å². The molecule has 2 heterocycles. The molecule has 23 heavy (non-hydrogen) atoms. The molecule has 0 bridgehead atoms. The molecule has 1 fully saturated rings. The highest BCUT2D eigenvalue weighted by molar-refractivity contribution is 5.95. The molecule has 0 amide bonds. The van der Waals surface area contributed by atoms with Crippen LogP contribution in [0.3, 0.4) is 0 Å². The Bertz CT molecular complexity index is 942. The van der Waals surface area contributed by atoms with Crippen LogP contribution in [-0.4, -0.2) is 17.6 Å². The molecule has 114 valence electrons. The minimum absolute atomic E-state index is 0.0438. The van der Waals surface area contributed by atoms with E-state index in [-0.39, 0.29) is 11.7 Å². The lowest BCUT2D eigenvalue weighted by atomic mass is 10.1. The maximum atomic E-state index is 12.2. The number of carbonyl (C=O) groups is 1. The van der Waals surface area contributed by atoms with Gasteiger partial charge in [-0.3, -0.25) is 4.79 Å². The summed E-state index contributed by atoms with van der Waals surface area (Å²) in [6, 6.07) is 15.5. The monoisotopic (exact) mass is 307 g/mol. The Morgan fingerprint density at radius 1 is 1.09 bits per heavy atom. The van der Waals surface area contributed by atoms with Gasteiger partial charge in [-0.15, -0.1) is 0 Å². The maximum Gasteiger partial charge on any atom is 0.343 e. The fraction of sp³-hybridized carbons (Fsp3) is 0.111. The molecule has 0 aliphatic carbocycles. The summed E-state index contributed by atoms with van der Waals surface area (Å²) in [5.74, 6) is -0.136. The van der Waals surface area contributed by atoms with E-state index < -0.39 is 5.97 Å². The third-order valence-electron chi connectivity index (χ3n) is 3.78. The zero-order chi connectivity index (χ0) is 15.8. The smallest absolute Gasteiger partial charge is 0.343 e. The Labute approximate surface area is 131 Å². The Morgan fingerprint density at radius 2 is 1.87 bits per heavy atom. The molecule has 0 spiro atoms. The molecule has 5 heteroatoms. The third-order valence-corrected chi connectivity index (χ3v) is 3.78. The summed E-state index contributed by atoms with van der Waals surface area (Å²) in [5.41, 5.74) is 1.70. The van der Waals surface area contributed by atoms with Crippen LogP contribution in [0.1, 0.15) is 22.0 Å². The van der Waals surface area contributed by atoms with E-state index in [1.807, 2.05) is 12.1 Å². The van der Waals surface area contributed by atoms with E-state index in [0.717, 1.165) is 10.9 Å². The van der Waals surface area contributed by atoms with Gasteiger partial charge < -0.3 is 14.5 Å². The highest BCUT2D eigenvalue weighted by Gasteiger charge is 2.27. The van der Waals surface area contributed by atoms with Gasteiger partial charge in [0, 0.05) is 11.5 Å². The number of nitrogens with one attached hydrogen (secondary N) is 1. The average molecular weight is 307 g/mol. The molecule has 1 saturated heterocycles. The van der Waals surface area contributed by atoms with Gasteiger partial charge in [0.2, 0.25) is 5.56 Å². The fourth-order valence-electron chi connectivity index (χ4n) is 2.57. The highest BCUT2D eigenvalue weighted by Crippen LogP contribution is 2.37. The summed E-state index contributed by atoms with van der Waals surface area (Å²) < 4.78 is 10.8. The molecule has 1 N–H and O–H groups in total. The summed E-state index contributed by atoms with van der Waals surface area (Å²) in [6.45, 7) is 0.664. The van der Waals surface area contributed by atoms with Crippen LogP contribution in [0.2, 0.25) is 0 Å². The molecule has 0 unspecified atom stereocenters. The number of benzene rings is 2. The molecule has 2 aromatic carbocycles. The van der Waals surface area contributed by atoms with E-state index in [2.05, 4.69) is 4.98 Å². The average Bonchev–Trinajstić information content (AvgIpc) is 3.41. The SMILES string of the molecule is O=C(Oc1ccc([C@@H]2CO2)c2ccc(=O)[nH]c12)c1ccccc1. The normalized spacial score (nSPS) is 16.3. The predicted molar refractivity (Wildman–Crippen MR) is 84.7 cm³/mol. The molecule has 0 saturated carbocycles. The number of aromatic amines is 1. The summed E-state index contributed by atoms with van der Waals surface area (Å²) >= 11 is 0. The Kier molecular flexibility index (Phi) is 3.20. The van der Waals surface area contributed by atoms with Crippen molar-refractivity contribution in [3.05, 3.63) is 76.1 Å². The highest BCUT2D eigenvalue weighted by atomic mass is 16.6. The first-order valence-corrected chi connectivity index (χ1v) is 7.27. The standard InChI is InChI=1S/C18H13NO4/c20-16-9-7-13-12(15-10-22-15)6-8-14(17(13)19-16)23-18(21)11-4-2-1-3-5-11/h1-9,15H,10H2,(H,19,20)/t15-/m0/s1. The summed E-state index contributed by atoms with van der Waals surface area (Å²) in [7, 11) is 0. The lowest BCUT2D eigenvalue weighted by Gasteiger charge is -2.10. The first kappa shape index (κ1) is 13.7. The lowest BCUT2D eigenvalue weighted by molar-refractivity contribution is 0.0736. The van der Waals surface area contributed by atoms with Crippen molar-refractivity contribution in [3.8, 4) is 5.75 Å². The molecule has 1 aliphatic rings. The summed E-state index contributed by atoms with van der Waals surface area (Å²) in [5, 5.41) is 0.825. The predicted octanol–water partition coefficient (Wildman–Crippen LogP) is 2.82. The molecular formula is C18H13NO4. The first-order valence-electron chi connectivity index (χ1n) is 7.27. The van der Waals surface area contributed by atoms with E-state index in [4.69, 9.17) is 9.47 Å². The second kappa shape index (κ2) is 5.37. The zero-order valence-corrected chi connectivity index (χ0v) is 12.1. The second-order valence-electron chi connectivity index (χ2n) is 5.34. The van der Waals surface area contributed by atoms with E-state index >= 15 is 0 Å². The Balaban J connectivity index is 1.78. The number of fused-ring (bicyclic) bond motifs is 1. The van der Waals surface area contributed by atoms with Gasteiger partial charge >= 0.3 is 5.97 Å². The van der Waals surface area contributed by atoms with Crippen LogP contribution in [-0.2, 0) is 4.74 Å². The summed E-state index contributed by atoms with van der Waals surface area (Å²) in [6.07, 6.45) is 0.0438. The minimum Gasteiger partial charge on any atom is -0.421 e. The van der Waals surface area contributed by atoms with Gasteiger partial charge in [0.15, 0.2) is 5.75 Å². The van der Waals surface area contributed by atoms with Gasteiger partial charge in [-0.2, -0.15) is 0 Å². The number of hydrogen-bond acceptors (Lipinski definition) is 4. The Hall–Kier alpha value is -2.92. The molecule has 4 rings (SSSR count). The quantitative estimate of drug-likeness (QED) is 0.459. The van der Waals surface area contributed by atoms with Crippen LogP contribution in [0.5, 0.6) is 5.75 Å². The van der Waals surface area contributed by atoms with E-state index in [1.165, 1.54) is 6.07 Å². The van der Waals surface area contributed by atoms with Crippen LogP contribution in [0, 0.1) is 0 Å². The van der Waals surface area contributed by atoms with Crippen LogP contribution in [0.25, 0.3) is 10.9 Å². The molecule has 3 aromatic rings. The number of rotatable bonds is 3. The number of carbonyl (C=O) groups excluding carboxylic acids is 1. The molecule has 5 nitrogen and oxygen atoms in total. The van der Waals surface area contributed by atoms with Gasteiger partial charge in [-0.25, -0.2) is 4.79 Å². The third kappa shape index (κ3) is 2.62. The van der Waals surface area contributed by atoms with E-state index in [0.29, 0.717) is 23.4 Å². The number of hydrogen-bond donors (Lipinski definition) is 1. The number of H-pyrrole nitrogens is 1. The van der Waals surface area contributed by atoms with Gasteiger partial charge in [0.05, 0.1) is 17.7 Å². The van der Waals surface area contributed by atoms with Crippen molar-refractivity contribution in [2.24, 2.45) is 0 Å². The van der Waals surface area contributed by atoms with Gasteiger partial charge in [-0.1, -0.05) is 24.3 Å². The number of pyridine rings is 1. The second-order valence-corrected chi connectivity index (χ2v) is 5.34. The van der Waals surface area contributed by atoms with Crippen LogP contribution in [0.15, 0.2) is 59.4 Å². The van der Waals surface area contributed by atoms with Crippen molar-refractivity contribution in [1.29, 1.82) is 0 Å². The topological polar surface area (TPSA) is 71.7 Å². The van der Waals surface area contributed by atoms with Crippen LogP contribution in [0.4, 0.5) is 0 Å². The van der Waals surface area contributed by atoms with Crippen molar-refractivity contribution < 1.29 is 14.3 Å². The number of epoxide rings is 1. The maximum absolute atomic E-state index is 12.2. The fourth-order valence-corrected chi connectivity index (χ4v) is 2.57. The first-order chi connectivity index (χ1) is 11.2. The van der Waals surface area contributed by atoms with Gasteiger partial charge in [0.25, 0.3) is 0 Å². The van der Waals surface area contributed by atoms with Crippen LogP contribution >= 0.6 is 0 Å².